The lowest BCUT2D eigenvalue weighted by molar-refractivity contribution is -0.123. The summed E-state index contributed by atoms with van der Waals surface area (Å²) in [5, 5.41) is 10.9. The van der Waals surface area contributed by atoms with E-state index < -0.39 is 48.0 Å². The van der Waals surface area contributed by atoms with E-state index in [2.05, 4.69) is 15.7 Å². The number of carbonyl (C=O) groups excluding carboxylic acids is 3. The van der Waals surface area contributed by atoms with Crippen LogP contribution in [0.2, 0.25) is 0 Å². The van der Waals surface area contributed by atoms with Gasteiger partial charge in [0.05, 0.1) is 11.4 Å². The molecular formula is C20H17F2N5O3. The molecule has 1 saturated heterocycles. The highest BCUT2D eigenvalue weighted by Crippen LogP contribution is 2.32. The lowest BCUT2D eigenvalue weighted by Gasteiger charge is -2.20. The first kappa shape index (κ1) is 19.6. The highest BCUT2D eigenvalue weighted by Gasteiger charge is 2.55. The normalized spacial score (nSPS) is 20.1. The van der Waals surface area contributed by atoms with E-state index >= 15 is 0 Å². The second-order valence-electron chi connectivity index (χ2n) is 6.90. The lowest BCUT2D eigenvalue weighted by atomic mass is 10.1. The molecule has 0 aromatic heterocycles. The molecular weight excluding hydrogens is 396 g/mol. The Bertz CT molecular complexity index is 1060. The number of anilines is 2. The van der Waals surface area contributed by atoms with Gasteiger partial charge in [0.25, 0.3) is 11.8 Å². The van der Waals surface area contributed by atoms with Gasteiger partial charge in [0.2, 0.25) is 5.91 Å². The topological polar surface area (TPSA) is 94.4 Å². The molecule has 1 N–H and O–H groups in total. The van der Waals surface area contributed by atoms with Gasteiger partial charge in [-0.2, -0.15) is 5.11 Å². The molecule has 4 rings (SSSR count). The molecule has 3 amide bonds. The summed E-state index contributed by atoms with van der Waals surface area (Å²) in [6.45, 7) is 1.53. The number of aryl methyl sites for hydroxylation is 1. The third-order valence-corrected chi connectivity index (χ3v) is 4.97. The first-order chi connectivity index (χ1) is 14.4. The number of fused-ring (bicyclic) bond motifs is 1. The zero-order valence-electron chi connectivity index (χ0n) is 15.9. The van der Waals surface area contributed by atoms with Crippen LogP contribution in [0.5, 0.6) is 0 Å². The molecule has 1 fully saturated rings. The number of amides is 3. The molecule has 2 aliphatic heterocycles. The Morgan fingerprint density at radius 1 is 1.10 bits per heavy atom. The molecule has 2 aromatic rings. The minimum absolute atomic E-state index is 0.334. The summed E-state index contributed by atoms with van der Waals surface area (Å²) in [5.41, 5.74) is 1.14. The van der Waals surface area contributed by atoms with E-state index in [1.54, 1.807) is 12.1 Å². The van der Waals surface area contributed by atoms with Crippen LogP contribution in [0, 0.1) is 11.6 Å². The largest absolute Gasteiger partial charge is 0.322 e. The lowest BCUT2D eigenvalue weighted by Crippen LogP contribution is -2.43. The fraction of sp³-hybridized carbons (Fsp3) is 0.250. The number of nitrogens with zero attached hydrogens (tertiary/aromatic N) is 4. The van der Waals surface area contributed by atoms with Gasteiger partial charge < -0.3 is 5.32 Å². The maximum Gasteiger partial charge on any atom is 0.263 e. The van der Waals surface area contributed by atoms with Crippen LogP contribution in [0.4, 0.5) is 20.2 Å². The molecule has 0 unspecified atom stereocenters. The minimum atomic E-state index is -1.06. The highest BCUT2D eigenvalue weighted by molar-refractivity contribution is 6.25. The molecule has 2 heterocycles. The number of imide groups is 1. The SMILES string of the molecule is CCc1ccc(N2C(=O)[C@@H]3N=NN(CC(=O)Nc4cc(F)ccc4F)[C@H]3C2=O)cc1. The van der Waals surface area contributed by atoms with Crippen LogP contribution in [-0.2, 0) is 20.8 Å². The molecule has 8 nitrogen and oxygen atoms in total. The van der Waals surface area contributed by atoms with E-state index in [1.165, 1.54) is 0 Å². The molecule has 10 heteroatoms. The van der Waals surface area contributed by atoms with Crippen molar-refractivity contribution < 1.29 is 23.2 Å². The number of hydrogen-bond acceptors (Lipinski definition) is 6. The highest BCUT2D eigenvalue weighted by atomic mass is 19.1. The molecule has 2 atom stereocenters. The van der Waals surface area contributed by atoms with Crippen molar-refractivity contribution in [1.29, 1.82) is 0 Å². The summed E-state index contributed by atoms with van der Waals surface area (Å²) >= 11 is 0. The van der Waals surface area contributed by atoms with E-state index in [4.69, 9.17) is 0 Å². The van der Waals surface area contributed by atoms with E-state index in [1.807, 2.05) is 19.1 Å². The van der Waals surface area contributed by atoms with Crippen molar-refractivity contribution in [2.45, 2.75) is 25.4 Å². The summed E-state index contributed by atoms with van der Waals surface area (Å²) in [4.78, 5) is 38.9. The molecule has 0 bridgehead atoms. The smallest absolute Gasteiger partial charge is 0.263 e. The van der Waals surface area contributed by atoms with Crippen LogP contribution in [0.1, 0.15) is 12.5 Å². The van der Waals surface area contributed by atoms with Gasteiger partial charge in [-0.15, -0.1) is 0 Å². The monoisotopic (exact) mass is 413 g/mol. The van der Waals surface area contributed by atoms with Crippen molar-refractivity contribution >= 4 is 29.1 Å². The van der Waals surface area contributed by atoms with E-state index in [0.29, 0.717) is 5.69 Å². The Morgan fingerprint density at radius 3 is 2.53 bits per heavy atom. The first-order valence-electron chi connectivity index (χ1n) is 9.28. The van der Waals surface area contributed by atoms with Gasteiger partial charge in [0.1, 0.15) is 18.2 Å². The standard InChI is InChI=1S/C20H17F2N5O3/c1-2-11-3-6-13(7-4-11)27-19(29)17-18(20(27)30)26(25-24-17)10-16(28)23-15-9-12(21)5-8-14(15)22/h3-9,17-18H,2,10H2,1H3,(H,23,28)/t17-,18-/m1/s1. The molecule has 0 saturated carbocycles. The molecule has 0 radical (unpaired) electrons. The molecule has 0 spiro atoms. The Morgan fingerprint density at radius 2 is 1.83 bits per heavy atom. The van der Waals surface area contributed by atoms with Crippen molar-refractivity contribution in [2.24, 2.45) is 10.3 Å². The van der Waals surface area contributed by atoms with Crippen LogP contribution in [0.15, 0.2) is 52.8 Å². The second-order valence-corrected chi connectivity index (χ2v) is 6.90. The average Bonchev–Trinajstić information content (AvgIpc) is 3.24. The van der Waals surface area contributed by atoms with Gasteiger partial charge in [-0.25, -0.2) is 13.7 Å². The van der Waals surface area contributed by atoms with Crippen LogP contribution in [-0.4, -0.2) is 41.4 Å². The van der Waals surface area contributed by atoms with E-state index in [0.717, 1.165) is 40.1 Å². The number of nitrogens with one attached hydrogen (secondary N) is 1. The Kier molecular flexibility index (Phi) is 4.98. The Hall–Kier alpha value is -3.69. The fourth-order valence-corrected chi connectivity index (χ4v) is 3.42. The zero-order chi connectivity index (χ0) is 21.4. The number of hydrogen-bond donors (Lipinski definition) is 1. The van der Waals surface area contributed by atoms with Crippen LogP contribution >= 0.6 is 0 Å². The summed E-state index contributed by atoms with van der Waals surface area (Å²) in [5.74, 6) is -3.33. The summed E-state index contributed by atoms with van der Waals surface area (Å²) < 4.78 is 27.0. The minimum Gasteiger partial charge on any atom is -0.322 e. The molecule has 2 aromatic carbocycles. The van der Waals surface area contributed by atoms with Gasteiger partial charge in [0.15, 0.2) is 12.1 Å². The predicted molar refractivity (Wildman–Crippen MR) is 102 cm³/mol. The number of rotatable bonds is 5. The second kappa shape index (κ2) is 7.62. The first-order valence-corrected chi connectivity index (χ1v) is 9.28. The summed E-state index contributed by atoms with van der Waals surface area (Å²) in [7, 11) is 0. The van der Waals surface area contributed by atoms with Crippen molar-refractivity contribution in [3.63, 3.8) is 0 Å². The number of halogens is 2. The van der Waals surface area contributed by atoms with Crippen LogP contribution < -0.4 is 10.2 Å². The van der Waals surface area contributed by atoms with Gasteiger partial charge >= 0.3 is 0 Å². The third kappa shape index (κ3) is 3.40. The summed E-state index contributed by atoms with van der Waals surface area (Å²) in [6, 6.07) is 7.54. The average molecular weight is 413 g/mol. The molecule has 2 aliphatic rings. The van der Waals surface area contributed by atoms with Gasteiger partial charge in [-0.1, -0.05) is 24.3 Å². The van der Waals surface area contributed by atoms with E-state index in [-0.39, 0.29) is 5.69 Å². The van der Waals surface area contributed by atoms with Crippen molar-refractivity contribution in [1.82, 2.24) is 5.01 Å². The maximum absolute atomic E-state index is 13.7. The molecule has 0 aliphatic carbocycles. The number of benzene rings is 2. The Labute approximate surface area is 170 Å². The Balaban J connectivity index is 1.49. The van der Waals surface area contributed by atoms with Crippen molar-refractivity contribution in [2.75, 3.05) is 16.8 Å². The van der Waals surface area contributed by atoms with Gasteiger partial charge in [-0.3, -0.25) is 19.4 Å². The third-order valence-electron chi connectivity index (χ3n) is 4.97. The predicted octanol–water partition coefficient (Wildman–Crippen LogP) is 2.46. The molecule has 154 valence electrons. The zero-order valence-corrected chi connectivity index (χ0v) is 15.9. The van der Waals surface area contributed by atoms with Gasteiger partial charge in [-0.05, 0) is 36.2 Å². The summed E-state index contributed by atoms with van der Waals surface area (Å²) in [6.07, 6.45) is 0.816. The van der Waals surface area contributed by atoms with Crippen molar-refractivity contribution in [3.8, 4) is 0 Å². The number of carbonyl (C=O) groups is 3. The van der Waals surface area contributed by atoms with Crippen LogP contribution in [0.25, 0.3) is 0 Å². The van der Waals surface area contributed by atoms with E-state index in [9.17, 15) is 23.2 Å². The maximum atomic E-state index is 13.7. The fourth-order valence-electron chi connectivity index (χ4n) is 3.42. The van der Waals surface area contributed by atoms with Crippen molar-refractivity contribution in [3.05, 3.63) is 59.7 Å². The quantitative estimate of drug-likeness (QED) is 0.762. The van der Waals surface area contributed by atoms with Crippen LogP contribution in [0.3, 0.4) is 0 Å². The van der Waals surface area contributed by atoms with Gasteiger partial charge in [0, 0.05) is 6.07 Å². The molecule has 30 heavy (non-hydrogen) atoms.